The lowest BCUT2D eigenvalue weighted by molar-refractivity contribution is 0.136. The van der Waals surface area contributed by atoms with E-state index in [-0.39, 0.29) is 5.41 Å². The average molecular weight is 276 g/mol. The Labute approximate surface area is 123 Å². The largest absolute Gasteiger partial charge is 0.380 e. The lowest BCUT2D eigenvalue weighted by Gasteiger charge is -2.36. The molecule has 1 heterocycles. The summed E-state index contributed by atoms with van der Waals surface area (Å²) in [7, 11) is 0. The van der Waals surface area contributed by atoms with Gasteiger partial charge in [0, 0.05) is 38.2 Å². The molecule has 1 aliphatic rings. The third-order valence-electron chi connectivity index (χ3n) is 4.12. The minimum absolute atomic E-state index is 0.154. The summed E-state index contributed by atoms with van der Waals surface area (Å²) in [6, 6.07) is 10.9. The molecule has 0 spiro atoms. The van der Waals surface area contributed by atoms with E-state index in [0.29, 0.717) is 0 Å². The quantitative estimate of drug-likeness (QED) is 0.862. The molecule has 0 amide bonds. The van der Waals surface area contributed by atoms with Crippen molar-refractivity contribution < 1.29 is 4.74 Å². The van der Waals surface area contributed by atoms with E-state index >= 15 is 0 Å². The predicted molar refractivity (Wildman–Crippen MR) is 84.2 cm³/mol. The van der Waals surface area contributed by atoms with Crippen molar-refractivity contribution in [3.63, 3.8) is 0 Å². The molecule has 3 heteroatoms. The fourth-order valence-corrected chi connectivity index (χ4v) is 2.94. The van der Waals surface area contributed by atoms with Crippen LogP contribution in [0.2, 0.25) is 0 Å². The summed E-state index contributed by atoms with van der Waals surface area (Å²) in [6.07, 6.45) is 1.14. The highest BCUT2D eigenvalue weighted by Gasteiger charge is 2.29. The Morgan fingerprint density at radius 3 is 2.75 bits per heavy atom. The number of nitrogens with one attached hydrogen (secondary N) is 1. The molecule has 20 heavy (non-hydrogen) atoms. The number of likely N-dealkylation sites (N-methyl/N-ethyl adjacent to an activating group) is 1. The van der Waals surface area contributed by atoms with Crippen molar-refractivity contribution in [2.24, 2.45) is 0 Å². The molecule has 1 unspecified atom stereocenters. The lowest BCUT2D eigenvalue weighted by Crippen LogP contribution is -2.46. The molecular formula is C17H28N2O. The Morgan fingerprint density at radius 1 is 1.20 bits per heavy atom. The second-order valence-electron chi connectivity index (χ2n) is 5.95. The summed E-state index contributed by atoms with van der Waals surface area (Å²) in [5.41, 5.74) is 1.58. The van der Waals surface area contributed by atoms with Gasteiger partial charge in [-0.25, -0.2) is 0 Å². The topological polar surface area (TPSA) is 24.5 Å². The van der Waals surface area contributed by atoms with Crippen LogP contribution < -0.4 is 5.32 Å². The van der Waals surface area contributed by atoms with Gasteiger partial charge in [-0.1, -0.05) is 44.2 Å². The molecule has 3 nitrogen and oxygen atoms in total. The third kappa shape index (κ3) is 4.30. The van der Waals surface area contributed by atoms with E-state index in [0.717, 1.165) is 52.4 Å². The average Bonchev–Trinajstić information content (AvgIpc) is 2.75. The summed E-state index contributed by atoms with van der Waals surface area (Å²) in [5.74, 6) is 0. The van der Waals surface area contributed by atoms with E-state index in [2.05, 4.69) is 54.4 Å². The van der Waals surface area contributed by atoms with E-state index in [9.17, 15) is 0 Å². The molecule has 1 N–H and O–H groups in total. The number of rotatable bonds is 6. The standard InChI is InChI=1S/C17H28N2O/c1-3-18-14-17(2,16-8-5-4-6-9-16)15-19-10-7-12-20-13-11-19/h4-6,8-9,18H,3,7,10-15H2,1-2H3. The maximum Gasteiger partial charge on any atom is 0.0593 e. The first-order valence-corrected chi connectivity index (χ1v) is 7.81. The predicted octanol–water partition coefficient (Wildman–Crippen LogP) is 2.28. The molecule has 0 bridgehead atoms. The van der Waals surface area contributed by atoms with Gasteiger partial charge in [-0.3, -0.25) is 0 Å². The molecule has 1 saturated heterocycles. The van der Waals surface area contributed by atoms with Gasteiger partial charge in [0.25, 0.3) is 0 Å². The number of ether oxygens (including phenoxy) is 1. The van der Waals surface area contributed by atoms with Crippen LogP contribution in [0.5, 0.6) is 0 Å². The fourth-order valence-electron chi connectivity index (χ4n) is 2.94. The molecule has 0 saturated carbocycles. The summed E-state index contributed by atoms with van der Waals surface area (Å²) in [6.45, 7) is 11.6. The minimum Gasteiger partial charge on any atom is -0.380 e. The maximum absolute atomic E-state index is 5.57. The zero-order valence-corrected chi connectivity index (χ0v) is 12.9. The van der Waals surface area contributed by atoms with Gasteiger partial charge in [0.05, 0.1) is 6.61 Å². The molecule has 0 radical (unpaired) electrons. The van der Waals surface area contributed by atoms with Crippen LogP contribution in [-0.2, 0) is 10.2 Å². The van der Waals surface area contributed by atoms with E-state index < -0.39 is 0 Å². The zero-order valence-electron chi connectivity index (χ0n) is 12.9. The van der Waals surface area contributed by atoms with Crippen molar-refractivity contribution in [3.05, 3.63) is 35.9 Å². The minimum atomic E-state index is 0.154. The van der Waals surface area contributed by atoms with Gasteiger partial charge in [-0.15, -0.1) is 0 Å². The van der Waals surface area contributed by atoms with Crippen LogP contribution in [-0.4, -0.2) is 50.8 Å². The van der Waals surface area contributed by atoms with Crippen LogP contribution in [0.3, 0.4) is 0 Å². The van der Waals surface area contributed by atoms with Crippen LogP contribution in [0.15, 0.2) is 30.3 Å². The Balaban J connectivity index is 2.09. The van der Waals surface area contributed by atoms with Gasteiger partial charge in [-0.2, -0.15) is 0 Å². The highest BCUT2D eigenvalue weighted by Crippen LogP contribution is 2.24. The van der Waals surface area contributed by atoms with Crippen LogP contribution >= 0.6 is 0 Å². The Hall–Kier alpha value is -0.900. The summed E-state index contributed by atoms with van der Waals surface area (Å²) in [4.78, 5) is 2.55. The highest BCUT2D eigenvalue weighted by molar-refractivity contribution is 5.25. The molecular weight excluding hydrogens is 248 g/mol. The number of nitrogens with zero attached hydrogens (tertiary/aromatic N) is 1. The molecule has 0 aliphatic carbocycles. The molecule has 1 fully saturated rings. The Bertz CT molecular complexity index is 374. The van der Waals surface area contributed by atoms with E-state index in [1.54, 1.807) is 0 Å². The van der Waals surface area contributed by atoms with E-state index in [1.165, 1.54) is 5.56 Å². The van der Waals surface area contributed by atoms with Crippen LogP contribution in [0.1, 0.15) is 25.8 Å². The fraction of sp³-hybridized carbons (Fsp3) is 0.647. The number of hydrogen-bond donors (Lipinski definition) is 1. The molecule has 112 valence electrons. The van der Waals surface area contributed by atoms with Crippen LogP contribution in [0, 0.1) is 0 Å². The normalized spacial score (nSPS) is 20.3. The van der Waals surface area contributed by atoms with Crippen molar-refractivity contribution in [2.45, 2.75) is 25.7 Å². The molecule has 1 atom stereocenters. The maximum atomic E-state index is 5.57. The smallest absolute Gasteiger partial charge is 0.0593 e. The summed E-state index contributed by atoms with van der Waals surface area (Å²) >= 11 is 0. The van der Waals surface area contributed by atoms with Gasteiger partial charge >= 0.3 is 0 Å². The first-order valence-electron chi connectivity index (χ1n) is 7.81. The first-order chi connectivity index (χ1) is 9.74. The van der Waals surface area contributed by atoms with Gasteiger partial charge in [-0.05, 0) is 18.5 Å². The Kier molecular flexibility index (Phi) is 6.02. The van der Waals surface area contributed by atoms with E-state index in [1.807, 2.05) is 0 Å². The van der Waals surface area contributed by atoms with Gasteiger partial charge in [0.1, 0.15) is 0 Å². The third-order valence-corrected chi connectivity index (χ3v) is 4.12. The van der Waals surface area contributed by atoms with E-state index in [4.69, 9.17) is 4.74 Å². The molecule has 1 aromatic rings. The summed E-state index contributed by atoms with van der Waals surface area (Å²) < 4.78 is 5.57. The van der Waals surface area contributed by atoms with Crippen LogP contribution in [0.4, 0.5) is 0 Å². The first kappa shape index (κ1) is 15.5. The van der Waals surface area contributed by atoms with Crippen molar-refractivity contribution in [3.8, 4) is 0 Å². The molecule has 2 rings (SSSR count). The number of benzene rings is 1. The van der Waals surface area contributed by atoms with Gasteiger partial charge < -0.3 is 15.0 Å². The Morgan fingerprint density at radius 2 is 2.00 bits per heavy atom. The van der Waals surface area contributed by atoms with Crippen LogP contribution in [0.25, 0.3) is 0 Å². The van der Waals surface area contributed by atoms with Crippen molar-refractivity contribution >= 4 is 0 Å². The highest BCUT2D eigenvalue weighted by atomic mass is 16.5. The zero-order chi connectivity index (χ0) is 14.3. The monoisotopic (exact) mass is 276 g/mol. The number of hydrogen-bond acceptors (Lipinski definition) is 3. The SMILES string of the molecule is CCNCC(C)(CN1CCCOCC1)c1ccccc1. The summed E-state index contributed by atoms with van der Waals surface area (Å²) in [5, 5.41) is 3.53. The van der Waals surface area contributed by atoms with Crippen molar-refractivity contribution in [1.29, 1.82) is 0 Å². The molecule has 1 aromatic carbocycles. The van der Waals surface area contributed by atoms with Gasteiger partial charge in [0.2, 0.25) is 0 Å². The van der Waals surface area contributed by atoms with Crippen molar-refractivity contribution in [2.75, 3.05) is 45.9 Å². The molecule has 1 aliphatic heterocycles. The second kappa shape index (κ2) is 7.77. The molecule has 0 aromatic heterocycles. The van der Waals surface area contributed by atoms with Crippen molar-refractivity contribution in [1.82, 2.24) is 10.2 Å². The van der Waals surface area contributed by atoms with Gasteiger partial charge in [0.15, 0.2) is 0 Å². The lowest BCUT2D eigenvalue weighted by atomic mass is 9.81. The second-order valence-corrected chi connectivity index (χ2v) is 5.95.